The third-order valence-electron chi connectivity index (χ3n) is 20.2. The molecule has 3 fully saturated rings. The maximum atomic E-state index is 15.6. The molecule has 0 aliphatic carbocycles. The Bertz CT molecular complexity index is 3730. The van der Waals surface area contributed by atoms with Gasteiger partial charge in [-0.3, -0.25) is 57.5 Å². The smallest absolute Gasteiger partial charge is 0.246 e. The summed E-state index contributed by atoms with van der Waals surface area (Å²) >= 11 is 19.5. The van der Waals surface area contributed by atoms with Gasteiger partial charge in [-0.05, 0) is 104 Å². The average Bonchev–Trinajstić information content (AvgIpc) is 1.74. The Hall–Kier alpha value is -7.36. The van der Waals surface area contributed by atoms with Crippen LogP contribution >= 0.6 is 34.8 Å². The average molecular weight is 1540 g/mol. The molecular formula is C76H106Cl3N9O16S. The fraction of sp³-hybridized carbons (Fsp3) is 0.605. The fourth-order valence-electron chi connectivity index (χ4n) is 14.2. The van der Waals surface area contributed by atoms with E-state index in [-0.39, 0.29) is 68.8 Å². The van der Waals surface area contributed by atoms with Crippen molar-refractivity contribution in [3.05, 3.63) is 105 Å². The highest BCUT2D eigenvalue weighted by atomic mass is 35.5. The minimum atomic E-state index is -3.89. The lowest BCUT2D eigenvalue weighted by Crippen LogP contribution is -2.59. The van der Waals surface area contributed by atoms with Crippen LogP contribution in [-0.4, -0.2) is 253 Å². The van der Waals surface area contributed by atoms with Crippen molar-refractivity contribution < 1.29 is 75.8 Å². The molecule has 3 aliphatic rings. The first-order valence-corrected chi connectivity index (χ1v) is 39.3. The molecule has 0 unspecified atom stereocenters. The topological polar surface area (TPSA) is 315 Å². The summed E-state index contributed by atoms with van der Waals surface area (Å²) in [5.41, 5.74) is 1.39. The van der Waals surface area contributed by atoms with E-state index in [0.29, 0.717) is 65.0 Å². The fourth-order valence-corrected chi connectivity index (χ4v) is 15.5. The van der Waals surface area contributed by atoms with E-state index in [1.807, 2.05) is 0 Å². The van der Waals surface area contributed by atoms with E-state index in [4.69, 9.17) is 39.5 Å². The number of likely N-dealkylation sites (tertiary alicyclic amines) is 1. The second-order valence-electron chi connectivity index (χ2n) is 29.6. The lowest BCUT2D eigenvalue weighted by Gasteiger charge is -2.39. The van der Waals surface area contributed by atoms with Crippen LogP contribution in [0.3, 0.4) is 0 Å². The number of halogens is 3. The van der Waals surface area contributed by atoms with Crippen molar-refractivity contribution in [1.29, 1.82) is 0 Å². The summed E-state index contributed by atoms with van der Waals surface area (Å²) < 4.78 is 32.2. The van der Waals surface area contributed by atoms with Crippen molar-refractivity contribution in [2.24, 2.45) is 29.1 Å². The summed E-state index contributed by atoms with van der Waals surface area (Å²) in [5, 5.41) is 17.8. The summed E-state index contributed by atoms with van der Waals surface area (Å²) in [6.07, 6.45) is -3.33. The van der Waals surface area contributed by atoms with Gasteiger partial charge >= 0.3 is 0 Å². The van der Waals surface area contributed by atoms with E-state index in [2.05, 4.69) is 31.4 Å². The van der Waals surface area contributed by atoms with E-state index < -0.39 is 191 Å². The lowest BCUT2D eigenvalue weighted by molar-refractivity contribution is -0.151. The number of aliphatic hydroxyl groups excluding tert-OH is 1. The second-order valence-corrected chi connectivity index (χ2v) is 33.1. The highest BCUT2D eigenvalue weighted by Gasteiger charge is 2.47. The standard InChI is InChI=1S/C76H106Cl3N9O16S/c1-13-29-87-46-67(93)80-28-24-68(94)82(8)44-58(91)41-52(71(97)86-30-25-53(26-31-86)76(5,6)7)40-57(90)33-47(3)70(96)84(10)64(38-50-19-16-22-55(78)35-50)74(100)83(9)63(37-49-18-15-21-54(77)34-49)69(95)81-61(27-32-105(12,102)103)73(99)88-45-59(104-14-2)42-62(88)66(92)43-60(48(4)89)72(98)85(11)65(75(87)101)39-51-20-17-23-56(79)36-51/h15-23,34-36,47-48,52-53,59-65,89H,13-14,24-33,37-46H2,1-12H3,(H,80,93)(H,81,95)/t47-,48-,52-,59-,60+,61+,62+,63+,64+,65+/m1/s1. The minimum absolute atomic E-state index is 0.0159. The molecule has 3 aromatic carbocycles. The first-order chi connectivity index (χ1) is 49.3. The summed E-state index contributed by atoms with van der Waals surface area (Å²) in [5.74, 6) is -12.7. The zero-order chi connectivity index (χ0) is 77.9. The van der Waals surface area contributed by atoms with Crippen LogP contribution < -0.4 is 10.6 Å². The molecule has 3 heterocycles. The number of piperidine rings is 1. The lowest BCUT2D eigenvalue weighted by atomic mass is 9.75. The van der Waals surface area contributed by atoms with Gasteiger partial charge in [-0.15, -0.1) is 0 Å². The third kappa shape index (κ3) is 25.4. The van der Waals surface area contributed by atoms with Crippen molar-refractivity contribution >= 4 is 115 Å². The monoisotopic (exact) mass is 1540 g/mol. The highest BCUT2D eigenvalue weighted by Crippen LogP contribution is 2.36. The molecule has 0 aromatic heterocycles. The number of carbonyl (C=O) groups is 12. The molecular weight excluding hydrogens is 1430 g/mol. The maximum absolute atomic E-state index is 15.6. The van der Waals surface area contributed by atoms with Gasteiger partial charge in [-0.1, -0.05) is 106 Å². The molecule has 0 radical (unpaired) electrons. The van der Waals surface area contributed by atoms with Gasteiger partial charge in [0.1, 0.15) is 39.8 Å². The van der Waals surface area contributed by atoms with Crippen molar-refractivity contribution in [1.82, 2.24) is 44.9 Å². The number of carbonyl (C=O) groups excluding carboxylic acids is 12. The van der Waals surface area contributed by atoms with Gasteiger partial charge in [0.05, 0.1) is 48.9 Å². The molecule has 29 heteroatoms. The molecule has 3 N–H and O–H groups in total. The zero-order valence-corrected chi connectivity index (χ0v) is 65.7. The number of ether oxygens (including phenoxy) is 1. The van der Waals surface area contributed by atoms with Crippen LogP contribution in [-0.2, 0) is 91.4 Å². The van der Waals surface area contributed by atoms with Crippen LogP contribution in [0, 0.1) is 29.1 Å². The summed E-state index contributed by atoms with van der Waals surface area (Å²) in [7, 11) is 1.51. The number of rotatable bonds is 15. The van der Waals surface area contributed by atoms with E-state index in [0.717, 1.165) is 30.8 Å². The van der Waals surface area contributed by atoms with Gasteiger partial charge in [0.25, 0.3) is 0 Å². The van der Waals surface area contributed by atoms with Gasteiger partial charge < -0.3 is 54.8 Å². The first kappa shape index (κ1) is 86.6. The predicted octanol–water partition coefficient (Wildman–Crippen LogP) is 6.10. The Morgan fingerprint density at radius 3 is 1.72 bits per heavy atom. The minimum Gasteiger partial charge on any atom is -0.393 e. The Morgan fingerprint density at radius 2 is 1.21 bits per heavy atom. The van der Waals surface area contributed by atoms with Gasteiger partial charge in [0.15, 0.2) is 11.6 Å². The van der Waals surface area contributed by atoms with Crippen LogP contribution in [0.2, 0.25) is 15.1 Å². The number of hydrogen-bond donors (Lipinski definition) is 3. The van der Waals surface area contributed by atoms with E-state index in [1.165, 1.54) is 46.9 Å². The SMILES string of the molecule is CCCN1CC(=O)NCCC(=O)N(C)CC(=O)C[C@H](C(=O)N2CCC(C(C)(C)C)CC2)CC(=O)C[C@@H](C)C(=O)N(C)[C@@H](Cc2cccc(Cl)c2)C(=O)N(C)[C@@H](Cc2cccc(Cl)c2)C(=O)N[C@@H](CCS(C)(=O)=O)C(=O)N2C[C@H](OCC)C[C@H]2C(=O)C[C@@H]([C@@H](C)O)C(=O)N(C)[C@@H](Cc2cccc(Cl)c2)C1=O. The van der Waals surface area contributed by atoms with Crippen molar-refractivity contribution in [3.8, 4) is 0 Å². The summed E-state index contributed by atoms with van der Waals surface area (Å²) in [6, 6.07) is 12.0. The first-order valence-electron chi connectivity index (χ1n) is 36.1. The van der Waals surface area contributed by atoms with Gasteiger partial charge in [-0.2, -0.15) is 0 Å². The summed E-state index contributed by atoms with van der Waals surface area (Å²) in [6.45, 7) is 12.0. The molecule has 3 aromatic rings. The number of hydrogen-bond acceptors (Lipinski definition) is 16. The number of sulfone groups is 1. The molecule has 10 atom stereocenters. The van der Waals surface area contributed by atoms with Crippen molar-refractivity contribution in [2.75, 3.05) is 92.6 Å². The van der Waals surface area contributed by atoms with Crippen molar-refractivity contribution in [2.45, 2.75) is 174 Å². The molecule has 578 valence electrons. The van der Waals surface area contributed by atoms with Crippen LogP contribution in [0.25, 0.3) is 0 Å². The molecule has 6 rings (SSSR count). The Balaban J connectivity index is 1.46. The predicted molar refractivity (Wildman–Crippen MR) is 399 cm³/mol. The van der Waals surface area contributed by atoms with Crippen LogP contribution in [0.1, 0.15) is 129 Å². The quantitative estimate of drug-likeness (QED) is 0.155. The Labute approximate surface area is 632 Å². The van der Waals surface area contributed by atoms with E-state index in [9.17, 15) is 42.3 Å². The molecule has 9 amide bonds. The number of likely N-dealkylation sites (N-methyl/N-ethyl adjacent to an activating group) is 4. The van der Waals surface area contributed by atoms with E-state index in [1.54, 1.807) is 91.5 Å². The molecule has 0 bridgehead atoms. The zero-order valence-electron chi connectivity index (χ0n) is 62.6. The number of amides is 9. The van der Waals surface area contributed by atoms with Gasteiger partial charge in [0.2, 0.25) is 53.2 Å². The van der Waals surface area contributed by atoms with E-state index >= 15 is 28.8 Å². The number of nitrogens with zero attached hydrogens (tertiary/aromatic N) is 7. The van der Waals surface area contributed by atoms with Gasteiger partial charge in [-0.25, -0.2) is 8.42 Å². The largest absolute Gasteiger partial charge is 0.393 e. The third-order valence-corrected chi connectivity index (χ3v) is 21.9. The summed E-state index contributed by atoms with van der Waals surface area (Å²) in [4.78, 5) is 186. The Morgan fingerprint density at radius 1 is 0.686 bits per heavy atom. The van der Waals surface area contributed by atoms with Crippen LogP contribution in [0.4, 0.5) is 0 Å². The number of fused-ring (bicyclic) bond motifs is 1. The molecule has 3 aliphatic heterocycles. The number of ketones is 3. The molecule has 0 saturated carbocycles. The van der Waals surface area contributed by atoms with Crippen molar-refractivity contribution in [3.63, 3.8) is 0 Å². The number of Topliss-reactive ketones (excluding diaryl/α,β-unsaturated/α-hetero) is 3. The molecule has 3 saturated heterocycles. The molecule has 105 heavy (non-hydrogen) atoms. The van der Waals surface area contributed by atoms with Gasteiger partial charge in [0, 0.05) is 153 Å². The second kappa shape index (κ2) is 39.5. The number of benzene rings is 3. The number of aliphatic hydroxyl groups is 1. The van der Waals surface area contributed by atoms with Crippen LogP contribution in [0.15, 0.2) is 72.8 Å². The normalized spacial score (nSPS) is 24.7. The maximum Gasteiger partial charge on any atom is 0.246 e. The molecule has 25 nitrogen and oxygen atoms in total. The highest BCUT2D eigenvalue weighted by molar-refractivity contribution is 7.90. The molecule has 0 spiro atoms. The van der Waals surface area contributed by atoms with Crippen LogP contribution in [0.5, 0.6) is 0 Å². The Kier molecular flexibility index (Phi) is 32.5. The number of nitrogens with one attached hydrogen (secondary N) is 2.